The van der Waals surface area contributed by atoms with Gasteiger partial charge in [0, 0.05) is 0 Å². The molecule has 0 aliphatic rings. The molecule has 0 amide bonds. The molecule has 0 saturated carbocycles. The summed E-state index contributed by atoms with van der Waals surface area (Å²) in [6, 6.07) is 24.4. The second-order valence-electron chi connectivity index (χ2n) is 6.46. The molecular weight excluding hydrogens is 340 g/mol. The van der Waals surface area contributed by atoms with Gasteiger partial charge in [-0.15, -0.1) is 0 Å². The van der Waals surface area contributed by atoms with Crippen LogP contribution in [0.15, 0.2) is 89.8 Å². The zero-order valence-corrected chi connectivity index (χ0v) is 15.8. The molecule has 0 spiro atoms. The summed E-state index contributed by atoms with van der Waals surface area (Å²) in [5.74, 6) is 0. The Balaban J connectivity index is 2.06. The van der Waals surface area contributed by atoms with Gasteiger partial charge in [-0.25, -0.2) is 8.42 Å². The van der Waals surface area contributed by atoms with Crippen LogP contribution in [0.2, 0.25) is 0 Å². The van der Waals surface area contributed by atoms with Crippen LogP contribution in [0.5, 0.6) is 0 Å². The Bertz CT molecular complexity index is 984. The fraction of sp³-hybridized carbons (Fsp3) is 0.130. The van der Waals surface area contributed by atoms with Gasteiger partial charge < -0.3 is 0 Å². The van der Waals surface area contributed by atoms with E-state index in [0.717, 1.165) is 22.3 Å². The minimum Gasteiger partial charge on any atom is -0.223 e. The summed E-state index contributed by atoms with van der Waals surface area (Å²) in [6.45, 7) is 3.94. The average Bonchev–Trinajstić information content (AvgIpc) is 2.64. The summed E-state index contributed by atoms with van der Waals surface area (Å²) in [5.41, 5.74) is 3.88. The Morgan fingerprint density at radius 2 is 1.27 bits per heavy atom. The van der Waals surface area contributed by atoms with E-state index < -0.39 is 15.1 Å². The molecule has 0 N–H and O–H groups in total. The fourth-order valence-electron chi connectivity index (χ4n) is 2.79. The summed E-state index contributed by atoms with van der Waals surface area (Å²) in [7, 11) is -3.54. The maximum absolute atomic E-state index is 13.3. The van der Waals surface area contributed by atoms with Crippen LogP contribution in [0.3, 0.4) is 0 Å². The molecule has 3 heteroatoms. The predicted molar refractivity (Wildman–Crippen MR) is 108 cm³/mol. The van der Waals surface area contributed by atoms with Crippen molar-refractivity contribution in [1.29, 1.82) is 0 Å². The molecule has 0 heterocycles. The molecule has 1 atom stereocenters. The van der Waals surface area contributed by atoms with Gasteiger partial charge in [-0.3, -0.25) is 0 Å². The molecule has 0 radical (unpaired) electrons. The van der Waals surface area contributed by atoms with Gasteiger partial charge in [0.15, 0.2) is 9.84 Å². The molecule has 0 aliphatic heterocycles. The monoisotopic (exact) mass is 362 g/mol. The van der Waals surface area contributed by atoms with E-state index in [1.807, 2.05) is 86.7 Å². The minimum atomic E-state index is -3.54. The number of hydrogen-bond donors (Lipinski definition) is 0. The van der Waals surface area contributed by atoms with Crippen LogP contribution >= 0.6 is 0 Å². The topological polar surface area (TPSA) is 34.1 Å². The van der Waals surface area contributed by atoms with E-state index in [-0.39, 0.29) is 0 Å². The lowest BCUT2D eigenvalue weighted by Crippen LogP contribution is -2.12. The number of hydrogen-bond acceptors (Lipinski definition) is 2. The summed E-state index contributed by atoms with van der Waals surface area (Å²) >= 11 is 0. The van der Waals surface area contributed by atoms with Crippen LogP contribution in [0.1, 0.15) is 27.5 Å². The fourth-order valence-corrected chi connectivity index (χ4v) is 4.40. The molecule has 2 nitrogen and oxygen atoms in total. The third kappa shape index (κ3) is 4.12. The molecule has 3 aromatic carbocycles. The summed E-state index contributed by atoms with van der Waals surface area (Å²) in [5, 5.41) is -0.731. The van der Waals surface area contributed by atoms with Gasteiger partial charge in [0.1, 0.15) is 5.25 Å². The van der Waals surface area contributed by atoms with Gasteiger partial charge in [0.2, 0.25) is 0 Å². The van der Waals surface area contributed by atoms with Crippen LogP contribution < -0.4 is 0 Å². The third-order valence-electron chi connectivity index (χ3n) is 4.35. The predicted octanol–water partition coefficient (Wildman–Crippen LogP) is 5.53. The third-order valence-corrected chi connectivity index (χ3v) is 6.38. The van der Waals surface area contributed by atoms with Crippen LogP contribution in [0, 0.1) is 13.8 Å². The molecule has 26 heavy (non-hydrogen) atoms. The van der Waals surface area contributed by atoms with Crippen molar-refractivity contribution in [3.63, 3.8) is 0 Å². The highest BCUT2D eigenvalue weighted by atomic mass is 32.2. The summed E-state index contributed by atoms with van der Waals surface area (Å²) in [4.78, 5) is 0.339. The molecule has 3 aromatic rings. The largest absolute Gasteiger partial charge is 0.223 e. The minimum absolute atomic E-state index is 0.339. The molecule has 0 aliphatic carbocycles. The van der Waals surface area contributed by atoms with Gasteiger partial charge in [0.05, 0.1) is 4.90 Å². The van der Waals surface area contributed by atoms with Gasteiger partial charge in [-0.1, -0.05) is 90.0 Å². The normalized spacial score (nSPS) is 13.0. The molecule has 0 aromatic heterocycles. The molecular formula is C23H22O2S. The highest BCUT2D eigenvalue weighted by Gasteiger charge is 2.26. The van der Waals surface area contributed by atoms with Crippen molar-refractivity contribution in [2.24, 2.45) is 0 Å². The van der Waals surface area contributed by atoms with E-state index >= 15 is 0 Å². The second kappa shape index (κ2) is 7.71. The molecule has 3 rings (SSSR count). The average molecular weight is 362 g/mol. The summed E-state index contributed by atoms with van der Waals surface area (Å²) < 4.78 is 26.6. The molecule has 1 unspecified atom stereocenters. The van der Waals surface area contributed by atoms with Crippen molar-refractivity contribution in [2.75, 3.05) is 0 Å². The lowest BCUT2D eigenvalue weighted by Gasteiger charge is -2.15. The first kappa shape index (κ1) is 18.2. The Labute approximate surface area is 155 Å². The number of benzene rings is 3. The standard InChI is InChI=1S/C23H22O2S/c1-18-8-13-21(14-9-18)23(17-12-20-6-4-3-5-7-20)26(24,25)22-15-10-19(2)11-16-22/h3-17,23H,1-2H3/b17-12+. The zero-order chi connectivity index (χ0) is 18.6. The van der Waals surface area contributed by atoms with Gasteiger partial charge in [-0.2, -0.15) is 0 Å². The van der Waals surface area contributed by atoms with E-state index in [2.05, 4.69) is 0 Å². The van der Waals surface area contributed by atoms with Crippen LogP contribution in [-0.2, 0) is 9.84 Å². The van der Waals surface area contributed by atoms with Crippen molar-refractivity contribution in [3.8, 4) is 0 Å². The van der Waals surface area contributed by atoms with Crippen LogP contribution in [0.25, 0.3) is 6.08 Å². The van der Waals surface area contributed by atoms with Crippen molar-refractivity contribution < 1.29 is 8.42 Å². The lowest BCUT2D eigenvalue weighted by atomic mass is 10.1. The lowest BCUT2D eigenvalue weighted by molar-refractivity contribution is 0.590. The van der Waals surface area contributed by atoms with E-state index in [0.29, 0.717) is 4.90 Å². The van der Waals surface area contributed by atoms with E-state index in [4.69, 9.17) is 0 Å². The van der Waals surface area contributed by atoms with Crippen LogP contribution in [-0.4, -0.2) is 8.42 Å². The first-order valence-corrected chi connectivity index (χ1v) is 10.1. The Hall–Kier alpha value is -2.65. The highest BCUT2D eigenvalue weighted by molar-refractivity contribution is 7.91. The first-order chi connectivity index (χ1) is 12.5. The maximum Gasteiger partial charge on any atom is 0.188 e. The van der Waals surface area contributed by atoms with E-state index in [1.54, 1.807) is 18.2 Å². The van der Waals surface area contributed by atoms with Crippen molar-refractivity contribution in [1.82, 2.24) is 0 Å². The number of aryl methyl sites for hydroxylation is 2. The van der Waals surface area contributed by atoms with Crippen molar-refractivity contribution in [2.45, 2.75) is 24.0 Å². The smallest absolute Gasteiger partial charge is 0.188 e. The number of sulfone groups is 1. The Morgan fingerprint density at radius 1 is 0.731 bits per heavy atom. The van der Waals surface area contributed by atoms with E-state index in [9.17, 15) is 8.42 Å². The van der Waals surface area contributed by atoms with Gasteiger partial charge in [0.25, 0.3) is 0 Å². The number of rotatable bonds is 5. The second-order valence-corrected chi connectivity index (χ2v) is 8.53. The van der Waals surface area contributed by atoms with Crippen LogP contribution in [0.4, 0.5) is 0 Å². The maximum atomic E-state index is 13.3. The Kier molecular flexibility index (Phi) is 5.38. The van der Waals surface area contributed by atoms with E-state index in [1.165, 1.54) is 0 Å². The van der Waals surface area contributed by atoms with Crippen molar-refractivity contribution in [3.05, 3.63) is 107 Å². The highest BCUT2D eigenvalue weighted by Crippen LogP contribution is 2.31. The summed E-state index contributed by atoms with van der Waals surface area (Å²) in [6.07, 6.45) is 3.64. The Morgan fingerprint density at radius 3 is 1.85 bits per heavy atom. The first-order valence-electron chi connectivity index (χ1n) is 8.57. The van der Waals surface area contributed by atoms with Crippen molar-refractivity contribution >= 4 is 15.9 Å². The van der Waals surface area contributed by atoms with Gasteiger partial charge >= 0.3 is 0 Å². The molecule has 132 valence electrons. The zero-order valence-electron chi connectivity index (χ0n) is 15.0. The molecule has 0 saturated heterocycles. The quantitative estimate of drug-likeness (QED) is 0.598. The SMILES string of the molecule is Cc1ccc(C(/C=C/c2ccccc2)S(=O)(=O)c2ccc(C)cc2)cc1. The molecule has 0 fully saturated rings. The molecule has 0 bridgehead atoms. The van der Waals surface area contributed by atoms with Gasteiger partial charge in [-0.05, 0) is 37.1 Å².